The summed E-state index contributed by atoms with van der Waals surface area (Å²) in [6, 6.07) is 17.3. The van der Waals surface area contributed by atoms with Crippen molar-refractivity contribution in [3.8, 4) is 5.75 Å². The molecule has 2 nitrogen and oxygen atoms in total. The number of ether oxygens (including phenoxy) is 1. The third kappa shape index (κ3) is 4.08. The van der Waals surface area contributed by atoms with Crippen LogP contribution in [0.5, 0.6) is 5.75 Å². The minimum Gasteiger partial charge on any atom is -0.490 e. The Hall–Kier alpha value is -1.32. The molecule has 3 rings (SSSR count). The first-order chi connectivity index (χ1) is 10.2. The maximum Gasteiger partial charge on any atom is 0.119 e. The van der Waals surface area contributed by atoms with Crippen LogP contribution < -0.4 is 10.1 Å². The molecule has 0 heterocycles. The highest BCUT2D eigenvalue weighted by atomic mass is 79.9. The predicted octanol–water partition coefficient (Wildman–Crippen LogP) is 4.49. The van der Waals surface area contributed by atoms with Crippen LogP contribution >= 0.6 is 15.9 Å². The molecule has 0 saturated heterocycles. The van der Waals surface area contributed by atoms with E-state index in [0.717, 1.165) is 16.6 Å². The lowest BCUT2D eigenvalue weighted by molar-refractivity contribution is 0.303. The van der Waals surface area contributed by atoms with Gasteiger partial charge in [0.2, 0.25) is 0 Å². The lowest BCUT2D eigenvalue weighted by Gasteiger charge is -2.17. The van der Waals surface area contributed by atoms with E-state index in [-0.39, 0.29) is 0 Å². The molecule has 110 valence electrons. The molecule has 0 aromatic heterocycles. The van der Waals surface area contributed by atoms with E-state index < -0.39 is 0 Å². The summed E-state index contributed by atoms with van der Waals surface area (Å²) in [5, 5.41) is 3.40. The maximum absolute atomic E-state index is 5.80. The van der Waals surface area contributed by atoms with Crippen molar-refractivity contribution in [2.75, 3.05) is 7.05 Å². The van der Waals surface area contributed by atoms with E-state index in [0.29, 0.717) is 12.1 Å². The second kappa shape index (κ2) is 6.63. The van der Waals surface area contributed by atoms with Crippen LogP contribution in [0.15, 0.2) is 53.0 Å². The Morgan fingerprint density at radius 3 is 2.33 bits per heavy atom. The molecule has 1 N–H and O–H groups in total. The lowest BCUT2D eigenvalue weighted by Crippen LogP contribution is -2.18. The summed E-state index contributed by atoms with van der Waals surface area (Å²) < 4.78 is 6.92. The highest BCUT2D eigenvalue weighted by Crippen LogP contribution is 2.28. The zero-order valence-corrected chi connectivity index (χ0v) is 13.8. The van der Waals surface area contributed by atoms with Crippen molar-refractivity contribution in [1.82, 2.24) is 5.32 Å². The van der Waals surface area contributed by atoms with E-state index in [1.807, 2.05) is 7.05 Å². The summed E-state index contributed by atoms with van der Waals surface area (Å²) in [5.74, 6) is 0.986. The molecule has 2 aromatic rings. The fourth-order valence-corrected chi connectivity index (χ4v) is 2.66. The molecule has 1 fully saturated rings. The molecule has 1 aliphatic rings. The van der Waals surface area contributed by atoms with Crippen LogP contribution in [0.4, 0.5) is 0 Å². The Morgan fingerprint density at radius 1 is 1.10 bits per heavy atom. The van der Waals surface area contributed by atoms with Crippen LogP contribution in [0.25, 0.3) is 0 Å². The molecular formula is C18H20BrNO. The van der Waals surface area contributed by atoms with Crippen LogP contribution in [-0.2, 0) is 6.42 Å². The third-order valence-electron chi connectivity index (χ3n) is 3.81. The van der Waals surface area contributed by atoms with E-state index in [1.165, 1.54) is 24.0 Å². The van der Waals surface area contributed by atoms with Crippen molar-refractivity contribution in [3.05, 3.63) is 64.1 Å². The second-order valence-electron chi connectivity index (χ2n) is 5.56. The molecule has 21 heavy (non-hydrogen) atoms. The number of nitrogens with one attached hydrogen (secondary N) is 1. The number of hydrogen-bond acceptors (Lipinski definition) is 2. The van der Waals surface area contributed by atoms with Crippen LogP contribution in [0.1, 0.15) is 30.0 Å². The van der Waals surface area contributed by atoms with Gasteiger partial charge in [-0.3, -0.25) is 0 Å². The molecule has 1 unspecified atom stereocenters. The maximum atomic E-state index is 5.80. The summed E-state index contributed by atoms with van der Waals surface area (Å²) in [4.78, 5) is 0. The number of halogens is 1. The molecule has 1 aliphatic carbocycles. The first kappa shape index (κ1) is 14.6. The van der Waals surface area contributed by atoms with Crippen molar-refractivity contribution in [1.29, 1.82) is 0 Å². The Balaban J connectivity index is 1.68. The molecule has 1 atom stereocenters. The fourth-order valence-electron chi connectivity index (χ4n) is 2.40. The van der Waals surface area contributed by atoms with E-state index in [2.05, 4.69) is 69.8 Å². The summed E-state index contributed by atoms with van der Waals surface area (Å²) in [6.45, 7) is 0. The molecule has 3 heteroatoms. The van der Waals surface area contributed by atoms with Gasteiger partial charge in [0.25, 0.3) is 0 Å². The van der Waals surface area contributed by atoms with Crippen molar-refractivity contribution < 1.29 is 4.74 Å². The zero-order valence-electron chi connectivity index (χ0n) is 12.2. The Morgan fingerprint density at radius 2 is 1.76 bits per heavy atom. The average molecular weight is 346 g/mol. The van der Waals surface area contributed by atoms with Gasteiger partial charge in [-0.1, -0.05) is 40.2 Å². The number of hydrogen-bond donors (Lipinski definition) is 1. The van der Waals surface area contributed by atoms with Gasteiger partial charge in [0.05, 0.1) is 6.10 Å². The molecule has 0 aliphatic heterocycles. The van der Waals surface area contributed by atoms with Crippen molar-refractivity contribution in [2.45, 2.75) is 31.4 Å². The van der Waals surface area contributed by atoms with E-state index in [1.54, 1.807) is 0 Å². The first-order valence-corrected chi connectivity index (χ1v) is 8.22. The van der Waals surface area contributed by atoms with Crippen LogP contribution in [0.2, 0.25) is 0 Å². The summed E-state index contributed by atoms with van der Waals surface area (Å²) in [6.07, 6.45) is 3.83. The van der Waals surface area contributed by atoms with Crippen LogP contribution in [0.3, 0.4) is 0 Å². The third-order valence-corrected chi connectivity index (χ3v) is 4.34. The Bertz CT molecular complexity index is 575. The molecule has 1 saturated carbocycles. The average Bonchev–Trinajstić information content (AvgIpc) is 3.32. The largest absolute Gasteiger partial charge is 0.490 e. The second-order valence-corrected chi connectivity index (χ2v) is 6.47. The van der Waals surface area contributed by atoms with Gasteiger partial charge < -0.3 is 10.1 Å². The quantitative estimate of drug-likeness (QED) is 0.832. The lowest BCUT2D eigenvalue weighted by atomic mass is 9.99. The molecule has 2 aromatic carbocycles. The van der Waals surface area contributed by atoms with E-state index >= 15 is 0 Å². The number of likely N-dealkylation sites (N-methyl/N-ethyl adjacent to an activating group) is 1. The highest BCUT2D eigenvalue weighted by molar-refractivity contribution is 9.10. The standard InChI is InChI=1S/C18H20BrNO/c1-20-18(12-13-2-6-15(19)7-3-13)14-4-8-16(9-5-14)21-17-10-11-17/h2-9,17-18,20H,10-12H2,1H3. The van der Waals surface area contributed by atoms with Crippen molar-refractivity contribution >= 4 is 15.9 Å². The van der Waals surface area contributed by atoms with E-state index in [4.69, 9.17) is 4.74 Å². The zero-order chi connectivity index (χ0) is 14.7. The van der Waals surface area contributed by atoms with Gasteiger partial charge in [-0.05, 0) is 61.7 Å². The minimum absolute atomic E-state index is 0.321. The van der Waals surface area contributed by atoms with Gasteiger partial charge in [0.15, 0.2) is 0 Å². The Labute approximate surface area is 134 Å². The molecular weight excluding hydrogens is 326 g/mol. The van der Waals surface area contributed by atoms with Crippen molar-refractivity contribution in [2.24, 2.45) is 0 Å². The summed E-state index contributed by atoms with van der Waals surface area (Å²) in [7, 11) is 2.01. The number of rotatable bonds is 6. The van der Waals surface area contributed by atoms with Crippen molar-refractivity contribution in [3.63, 3.8) is 0 Å². The van der Waals surface area contributed by atoms with Crippen LogP contribution in [-0.4, -0.2) is 13.2 Å². The van der Waals surface area contributed by atoms with Gasteiger partial charge in [0, 0.05) is 10.5 Å². The Kier molecular flexibility index (Phi) is 4.61. The van der Waals surface area contributed by atoms with E-state index in [9.17, 15) is 0 Å². The monoisotopic (exact) mass is 345 g/mol. The summed E-state index contributed by atoms with van der Waals surface area (Å²) >= 11 is 3.48. The SMILES string of the molecule is CNC(Cc1ccc(Br)cc1)c1ccc(OC2CC2)cc1. The summed E-state index contributed by atoms with van der Waals surface area (Å²) in [5.41, 5.74) is 2.62. The predicted molar refractivity (Wildman–Crippen MR) is 89.7 cm³/mol. The van der Waals surface area contributed by atoms with Gasteiger partial charge >= 0.3 is 0 Å². The molecule has 0 amide bonds. The van der Waals surface area contributed by atoms with Gasteiger partial charge in [-0.25, -0.2) is 0 Å². The number of benzene rings is 2. The molecule has 0 bridgehead atoms. The van der Waals surface area contributed by atoms with Gasteiger partial charge in [-0.15, -0.1) is 0 Å². The molecule has 0 radical (unpaired) electrons. The molecule has 0 spiro atoms. The van der Waals surface area contributed by atoms with Crippen LogP contribution in [0, 0.1) is 0 Å². The van der Waals surface area contributed by atoms with Gasteiger partial charge in [-0.2, -0.15) is 0 Å². The first-order valence-electron chi connectivity index (χ1n) is 7.43. The fraction of sp³-hybridized carbons (Fsp3) is 0.333. The topological polar surface area (TPSA) is 21.3 Å². The highest BCUT2D eigenvalue weighted by Gasteiger charge is 2.23. The normalized spacial score (nSPS) is 15.7. The smallest absolute Gasteiger partial charge is 0.119 e. The van der Waals surface area contributed by atoms with Gasteiger partial charge in [0.1, 0.15) is 5.75 Å². The minimum atomic E-state index is 0.321.